The highest BCUT2D eigenvalue weighted by molar-refractivity contribution is 14.1. The number of hydrogen-bond donors (Lipinski definition) is 0. The molecule has 134 valence electrons. The van der Waals surface area contributed by atoms with Crippen LogP contribution in [0.15, 0.2) is 45.7 Å². The monoisotopic (exact) mass is 495 g/mol. The van der Waals surface area contributed by atoms with Crippen molar-refractivity contribution in [1.29, 1.82) is 0 Å². The molecule has 2 aliphatic rings. The van der Waals surface area contributed by atoms with Crippen molar-refractivity contribution < 1.29 is 9.21 Å². The van der Waals surface area contributed by atoms with Crippen LogP contribution in [0.3, 0.4) is 0 Å². The number of thioether (sulfide) groups is 1. The van der Waals surface area contributed by atoms with Crippen molar-refractivity contribution in [2.75, 3.05) is 0 Å². The summed E-state index contributed by atoms with van der Waals surface area (Å²) in [7, 11) is 0. The van der Waals surface area contributed by atoms with Gasteiger partial charge in [0.1, 0.15) is 15.8 Å². The maximum absolute atomic E-state index is 12.8. The van der Waals surface area contributed by atoms with Crippen LogP contribution in [0.1, 0.15) is 37.9 Å². The third-order valence-corrected chi connectivity index (χ3v) is 6.84. The van der Waals surface area contributed by atoms with E-state index < -0.39 is 0 Å². The highest BCUT2D eigenvalue weighted by Gasteiger charge is 2.37. The van der Waals surface area contributed by atoms with Gasteiger partial charge in [0.15, 0.2) is 0 Å². The zero-order valence-electron chi connectivity index (χ0n) is 14.1. The predicted octanol–water partition coefficient (Wildman–Crippen LogP) is 6.09. The van der Waals surface area contributed by atoms with Gasteiger partial charge in [0.05, 0.1) is 4.91 Å². The minimum Gasteiger partial charge on any atom is -0.457 e. The Bertz CT molecular complexity index is 866. The fourth-order valence-corrected chi connectivity index (χ4v) is 5.20. The summed E-state index contributed by atoms with van der Waals surface area (Å²) in [6.07, 6.45) is 7.54. The second-order valence-electron chi connectivity index (χ2n) is 6.55. The Kier molecular flexibility index (Phi) is 5.52. The molecule has 1 aliphatic heterocycles. The number of carbonyl (C=O) groups excluding carboxylic acids is 1. The van der Waals surface area contributed by atoms with E-state index >= 15 is 0 Å². The molecule has 1 saturated carbocycles. The van der Waals surface area contributed by atoms with Gasteiger partial charge in [-0.15, -0.1) is 0 Å². The van der Waals surface area contributed by atoms with Gasteiger partial charge in [-0.05, 0) is 59.7 Å². The Hall–Kier alpha value is -1.12. The Balaban J connectivity index is 1.54. The van der Waals surface area contributed by atoms with Crippen LogP contribution in [0.2, 0.25) is 0 Å². The number of carbonyl (C=O) groups is 1. The summed E-state index contributed by atoms with van der Waals surface area (Å²) in [5.74, 6) is 1.51. The first-order chi connectivity index (χ1) is 12.6. The standard InChI is InChI=1S/C20H18INO2S2/c21-14-8-6-13(7-9-14)17-11-10-16(24-17)12-18-19(23)22(20(25)26-18)15-4-2-1-3-5-15/h6-12,15H,1-5H2/b18-12-. The third kappa shape index (κ3) is 3.77. The second-order valence-corrected chi connectivity index (χ2v) is 9.47. The zero-order valence-corrected chi connectivity index (χ0v) is 17.9. The molecule has 26 heavy (non-hydrogen) atoms. The van der Waals surface area contributed by atoms with Crippen molar-refractivity contribution >= 4 is 62.9 Å². The van der Waals surface area contributed by atoms with Gasteiger partial charge in [-0.1, -0.05) is 55.4 Å². The molecular formula is C20H18INO2S2. The number of hydrogen-bond acceptors (Lipinski definition) is 4. The van der Waals surface area contributed by atoms with Crippen LogP contribution >= 0.6 is 46.6 Å². The first-order valence-electron chi connectivity index (χ1n) is 8.75. The fraction of sp³-hybridized carbons (Fsp3) is 0.300. The summed E-state index contributed by atoms with van der Waals surface area (Å²) in [4.78, 5) is 15.3. The Morgan fingerprint density at radius 2 is 1.85 bits per heavy atom. The Labute approximate surface area is 176 Å². The number of amides is 1. The molecule has 1 amide bonds. The molecule has 0 atom stereocenters. The smallest absolute Gasteiger partial charge is 0.266 e. The average molecular weight is 495 g/mol. The largest absolute Gasteiger partial charge is 0.457 e. The van der Waals surface area contributed by atoms with Gasteiger partial charge in [0, 0.05) is 21.3 Å². The van der Waals surface area contributed by atoms with Gasteiger partial charge in [0.2, 0.25) is 0 Å². The topological polar surface area (TPSA) is 33.5 Å². The maximum atomic E-state index is 12.8. The molecule has 0 spiro atoms. The molecule has 1 aliphatic carbocycles. The number of nitrogens with zero attached hydrogens (tertiary/aromatic N) is 1. The van der Waals surface area contributed by atoms with E-state index in [4.69, 9.17) is 16.6 Å². The quantitative estimate of drug-likeness (QED) is 0.294. The van der Waals surface area contributed by atoms with E-state index in [9.17, 15) is 4.79 Å². The highest BCUT2D eigenvalue weighted by Crippen LogP contribution is 2.37. The van der Waals surface area contributed by atoms with Crippen molar-refractivity contribution in [3.8, 4) is 11.3 Å². The summed E-state index contributed by atoms with van der Waals surface area (Å²) in [5, 5.41) is 0. The minimum atomic E-state index is 0.0270. The van der Waals surface area contributed by atoms with E-state index in [2.05, 4.69) is 22.6 Å². The van der Waals surface area contributed by atoms with Crippen LogP contribution in [0.4, 0.5) is 0 Å². The lowest BCUT2D eigenvalue weighted by Gasteiger charge is -2.29. The van der Waals surface area contributed by atoms with Crippen molar-refractivity contribution in [2.45, 2.75) is 38.1 Å². The molecule has 1 saturated heterocycles. The first kappa shape index (κ1) is 18.3. The Morgan fingerprint density at radius 3 is 2.58 bits per heavy atom. The molecule has 0 N–H and O–H groups in total. The van der Waals surface area contributed by atoms with Gasteiger partial charge in [-0.2, -0.15) is 0 Å². The lowest BCUT2D eigenvalue weighted by molar-refractivity contribution is -0.124. The summed E-state index contributed by atoms with van der Waals surface area (Å²) in [6.45, 7) is 0. The van der Waals surface area contributed by atoms with Crippen molar-refractivity contribution in [3.05, 3.63) is 50.6 Å². The normalized spacial score (nSPS) is 20.3. The zero-order chi connectivity index (χ0) is 18.1. The molecular weight excluding hydrogens is 477 g/mol. The molecule has 2 fully saturated rings. The number of thiocarbonyl (C=S) groups is 1. The van der Waals surface area contributed by atoms with Gasteiger partial charge < -0.3 is 4.42 Å². The minimum absolute atomic E-state index is 0.0270. The third-order valence-electron chi connectivity index (χ3n) is 4.79. The Morgan fingerprint density at radius 1 is 1.12 bits per heavy atom. The summed E-state index contributed by atoms with van der Waals surface area (Å²) >= 11 is 9.15. The van der Waals surface area contributed by atoms with Crippen LogP contribution in [-0.2, 0) is 4.79 Å². The predicted molar refractivity (Wildman–Crippen MR) is 119 cm³/mol. The van der Waals surface area contributed by atoms with Crippen LogP contribution in [0.5, 0.6) is 0 Å². The molecule has 0 bridgehead atoms. The van der Waals surface area contributed by atoms with Gasteiger partial charge >= 0.3 is 0 Å². The maximum Gasteiger partial charge on any atom is 0.266 e. The number of benzene rings is 1. The van der Waals surface area contributed by atoms with Crippen LogP contribution < -0.4 is 0 Å². The molecule has 6 heteroatoms. The molecule has 1 aromatic heterocycles. The van der Waals surface area contributed by atoms with Gasteiger partial charge in [-0.3, -0.25) is 9.69 Å². The number of halogens is 1. The first-order valence-corrected chi connectivity index (χ1v) is 11.0. The van der Waals surface area contributed by atoms with E-state index in [0.29, 0.717) is 15.0 Å². The van der Waals surface area contributed by atoms with E-state index in [1.165, 1.54) is 34.6 Å². The molecule has 3 nitrogen and oxygen atoms in total. The van der Waals surface area contributed by atoms with Crippen LogP contribution in [-0.4, -0.2) is 21.2 Å². The average Bonchev–Trinajstić information content (AvgIpc) is 3.21. The summed E-state index contributed by atoms with van der Waals surface area (Å²) in [6, 6.07) is 12.3. The lowest BCUT2D eigenvalue weighted by Crippen LogP contribution is -2.39. The highest BCUT2D eigenvalue weighted by atomic mass is 127. The number of furan rings is 1. The summed E-state index contributed by atoms with van der Waals surface area (Å²) < 4.78 is 7.79. The van der Waals surface area contributed by atoms with E-state index in [-0.39, 0.29) is 11.9 Å². The SMILES string of the molecule is O=C1/C(=C/c2ccc(-c3ccc(I)cc3)o2)SC(=S)N1C1CCCCC1. The van der Waals surface area contributed by atoms with E-state index in [1.807, 2.05) is 47.4 Å². The van der Waals surface area contributed by atoms with Crippen molar-refractivity contribution in [2.24, 2.45) is 0 Å². The number of rotatable bonds is 3. The van der Waals surface area contributed by atoms with Crippen LogP contribution in [0, 0.1) is 3.57 Å². The fourth-order valence-electron chi connectivity index (χ4n) is 3.46. The summed E-state index contributed by atoms with van der Waals surface area (Å²) in [5.41, 5.74) is 1.03. The molecule has 4 rings (SSSR count). The molecule has 2 aromatic rings. The van der Waals surface area contributed by atoms with Gasteiger partial charge in [0.25, 0.3) is 5.91 Å². The van der Waals surface area contributed by atoms with E-state index in [1.54, 1.807) is 0 Å². The van der Waals surface area contributed by atoms with Crippen LogP contribution in [0.25, 0.3) is 17.4 Å². The molecule has 0 unspecified atom stereocenters. The molecule has 2 heterocycles. The molecule has 1 aromatic carbocycles. The van der Waals surface area contributed by atoms with Crippen molar-refractivity contribution in [1.82, 2.24) is 4.90 Å². The lowest BCUT2D eigenvalue weighted by atomic mass is 9.94. The van der Waals surface area contributed by atoms with Gasteiger partial charge in [-0.25, -0.2) is 0 Å². The molecule has 0 radical (unpaired) electrons. The van der Waals surface area contributed by atoms with Crippen molar-refractivity contribution in [3.63, 3.8) is 0 Å². The second kappa shape index (κ2) is 7.86. The van der Waals surface area contributed by atoms with E-state index in [0.717, 1.165) is 24.2 Å².